The van der Waals surface area contributed by atoms with Gasteiger partial charge in [0.1, 0.15) is 5.76 Å². The highest BCUT2D eigenvalue weighted by Gasteiger charge is 1.93. The van der Waals surface area contributed by atoms with Crippen molar-refractivity contribution in [2.24, 2.45) is 0 Å². The van der Waals surface area contributed by atoms with Gasteiger partial charge in [-0.05, 0) is 46.1 Å². The average Bonchev–Trinajstić information content (AvgIpc) is 2.92. The number of hydrogen-bond donors (Lipinski definition) is 0. The van der Waals surface area contributed by atoms with Crippen molar-refractivity contribution in [3.05, 3.63) is 24.2 Å². The van der Waals surface area contributed by atoms with Crippen LogP contribution in [0.2, 0.25) is 0 Å². The Morgan fingerprint density at radius 3 is 1.68 bits per heavy atom. The second-order valence-corrected chi connectivity index (χ2v) is 6.21. The van der Waals surface area contributed by atoms with Crippen molar-refractivity contribution in [3.8, 4) is 0 Å². The molecule has 0 amide bonds. The molecule has 1 aromatic heterocycles. The Morgan fingerprint density at radius 1 is 0.864 bits per heavy atom. The molecule has 0 N–H and O–H groups in total. The summed E-state index contributed by atoms with van der Waals surface area (Å²) in [6.07, 6.45) is 16.0. The van der Waals surface area contributed by atoms with Crippen molar-refractivity contribution in [1.29, 1.82) is 0 Å². The fourth-order valence-electron chi connectivity index (χ4n) is 2.28. The van der Waals surface area contributed by atoms with E-state index in [1.165, 1.54) is 70.8 Å². The number of nitrogens with zero attached hydrogens (tertiary/aromatic N) is 1. The molecule has 0 unspecified atom stereocenters. The molecular weight excluding hydrogens is 277 g/mol. The third-order valence-electron chi connectivity index (χ3n) is 3.62. The SMILES string of the molecule is CCCCCCCCCCCCN(C)C.Cc1ccco1.F. The van der Waals surface area contributed by atoms with Crippen LogP contribution in [0, 0.1) is 6.92 Å². The van der Waals surface area contributed by atoms with Gasteiger partial charge in [0.15, 0.2) is 0 Å². The molecule has 0 aliphatic carbocycles. The van der Waals surface area contributed by atoms with Crippen LogP contribution < -0.4 is 0 Å². The fourth-order valence-corrected chi connectivity index (χ4v) is 2.28. The second-order valence-electron chi connectivity index (χ2n) is 6.21. The number of furan rings is 1. The van der Waals surface area contributed by atoms with Crippen LogP contribution >= 0.6 is 0 Å². The van der Waals surface area contributed by atoms with E-state index in [0.717, 1.165) is 5.76 Å². The highest BCUT2D eigenvalue weighted by molar-refractivity contribution is 4.93. The van der Waals surface area contributed by atoms with E-state index in [-0.39, 0.29) is 4.70 Å². The molecule has 1 heterocycles. The third kappa shape index (κ3) is 19.2. The van der Waals surface area contributed by atoms with Gasteiger partial charge in [-0.2, -0.15) is 0 Å². The maximum atomic E-state index is 4.83. The van der Waals surface area contributed by atoms with Crippen molar-refractivity contribution in [3.63, 3.8) is 0 Å². The van der Waals surface area contributed by atoms with Gasteiger partial charge in [0.25, 0.3) is 0 Å². The Bertz CT molecular complexity index is 286. The first kappa shape index (κ1) is 23.4. The summed E-state index contributed by atoms with van der Waals surface area (Å²) >= 11 is 0. The lowest BCUT2D eigenvalue weighted by Crippen LogP contribution is -2.12. The van der Waals surface area contributed by atoms with Crippen molar-refractivity contribution in [1.82, 2.24) is 4.90 Å². The maximum absolute atomic E-state index is 4.83. The molecule has 22 heavy (non-hydrogen) atoms. The normalized spacial score (nSPS) is 10.0. The molecule has 0 saturated heterocycles. The summed E-state index contributed by atoms with van der Waals surface area (Å²) in [7, 11) is 4.32. The number of unbranched alkanes of at least 4 members (excludes halogenated alkanes) is 9. The smallest absolute Gasteiger partial charge is 0.100 e. The zero-order valence-electron chi connectivity index (χ0n) is 15.3. The Morgan fingerprint density at radius 2 is 1.36 bits per heavy atom. The van der Waals surface area contributed by atoms with Gasteiger partial charge in [-0.25, -0.2) is 0 Å². The lowest BCUT2D eigenvalue weighted by atomic mass is 10.1. The van der Waals surface area contributed by atoms with Gasteiger partial charge in [0, 0.05) is 0 Å². The highest BCUT2D eigenvalue weighted by atomic mass is 19.0. The molecule has 1 aromatic rings. The van der Waals surface area contributed by atoms with Gasteiger partial charge < -0.3 is 9.32 Å². The number of aryl methyl sites for hydroxylation is 1. The van der Waals surface area contributed by atoms with Crippen LogP contribution in [0.15, 0.2) is 22.8 Å². The average molecular weight is 316 g/mol. The van der Waals surface area contributed by atoms with Crippen molar-refractivity contribution < 1.29 is 9.12 Å². The van der Waals surface area contributed by atoms with Crippen LogP contribution in [0.4, 0.5) is 4.70 Å². The van der Waals surface area contributed by atoms with E-state index in [2.05, 4.69) is 25.9 Å². The molecular formula is C19H38FNO. The zero-order chi connectivity index (χ0) is 15.8. The van der Waals surface area contributed by atoms with E-state index in [0.29, 0.717) is 0 Å². The van der Waals surface area contributed by atoms with Crippen LogP contribution in [0.1, 0.15) is 76.9 Å². The first-order valence-electron chi connectivity index (χ1n) is 8.81. The predicted octanol–water partition coefficient (Wildman–Crippen LogP) is 6.21. The minimum Gasteiger partial charge on any atom is -0.470 e. The summed E-state index contributed by atoms with van der Waals surface area (Å²) in [6, 6.07) is 3.79. The van der Waals surface area contributed by atoms with E-state index in [1.807, 2.05) is 19.1 Å². The van der Waals surface area contributed by atoms with E-state index in [1.54, 1.807) is 6.26 Å². The summed E-state index contributed by atoms with van der Waals surface area (Å²) in [4.78, 5) is 2.28. The Labute approximate surface area is 137 Å². The zero-order valence-corrected chi connectivity index (χ0v) is 15.3. The Hall–Kier alpha value is -0.830. The molecule has 0 atom stereocenters. The summed E-state index contributed by atoms with van der Waals surface area (Å²) < 4.78 is 4.83. The molecule has 2 nitrogen and oxygen atoms in total. The van der Waals surface area contributed by atoms with Gasteiger partial charge >= 0.3 is 0 Å². The topological polar surface area (TPSA) is 16.4 Å². The summed E-state index contributed by atoms with van der Waals surface area (Å²) in [5.74, 6) is 0.968. The van der Waals surface area contributed by atoms with Crippen LogP contribution in [0.3, 0.4) is 0 Å². The monoisotopic (exact) mass is 315 g/mol. The molecule has 132 valence electrons. The van der Waals surface area contributed by atoms with E-state index in [9.17, 15) is 0 Å². The van der Waals surface area contributed by atoms with Crippen molar-refractivity contribution in [2.45, 2.75) is 78.1 Å². The summed E-state index contributed by atoms with van der Waals surface area (Å²) in [5.41, 5.74) is 0. The van der Waals surface area contributed by atoms with Crippen molar-refractivity contribution >= 4 is 0 Å². The second kappa shape index (κ2) is 18.2. The molecule has 0 saturated carbocycles. The first-order chi connectivity index (χ1) is 10.2. The molecule has 1 rings (SSSR count). The largest absolute Gasteiger partial charge is 0.470 e. The van der Waals surface area contributed by atoms with E-state index in [4.69, 9.17) is 4.42 Å². The van der Waals surface area contributed by atoms with Crippen LogP contribution in [-0.2, 0) is 0 Å². The number of hydrogen-bond acceptors (Lipinski definition) is 2. The minimum atomic E-state index is 0. The first-order valence-corrected chi connectivity index (χ1v) is 8.81. The van der Waals surface area contributed by atoms with E-state index >= 15 is 0 Å². The molecule has 0 aromatic carbocycles. The summed E-state index contributed by atoms with van der Waals surface area (Å²) in [6.45, 7) is 5.46. The molecule has 0 bridgehead atoms. The van der Waals surface area contributed by atoms with Crippen molar-refractivity contribution in [2.75, 3.05) is 20.6 Å². The van der Waals surface area contributed by atoms with Crippen LogP contribution in [0.25, 0.3) is 0 Å². The third-order valence-corrected chi connectivity index (χ3v) is 3.62. The molecule has 0 fully saturated rings. The molecule has 0 radical (unpaired) electrons. The lowest BCUT2D eigenvalue weighted by molar-refractivity contribution is 0.389. The van der Waals surface area contributed by atoms with E-state index < -0.39 is 0 Å². The predicted molar refractivity (Wildman–Crippen MR) is 96.3 cm³/mol. The van der Waals surface area contributed by atoms with Gasteiger partial charge in [-0.15, -0.1) is 0 Å². The Balaban J connectivity index is 0. The quantitative estimate of drug-likeness (QED) is 0.451. The van der Waals surface area contributed by atoms with Gasteiger partial charge in [-0.3, -0.25) is 4.70 Å². The standard InChI is InChI=1S/C14H31N.C5H6O.FH/c1-4-5-6-7-8-9-10-11-12-13-14-15(2)3;1-5-3-2-4-6-5;/h4-14H2,1-3H3;2-4H,1H3;1H. The highest BCUT2D eigenvalue weighted by Crippen LogP contribution is 2.10. The fraction of sp³-hybridized carbons (Fsp3) is 0.789. The molecule has 3 heteroatoms. The van der Waals surface area contributed by atoms with Crippen LogP contribution in [0.5, 0.6) is 0 Å². The van der Waals surface area contributed by atoms with Gasteiger partial charge in [0.05, 0.1) is 6.26 Å². The molecule has 0 aliphatic rings. The minimum absolute atomic E-state index is 0. The maximum Gasteiger partial charge on any atom is 0.100 e. The molecule has 0 spiro atoms. The number of halogens is 1. The van der Waals surface area contributed by atoms with Crippen LogP contribution in [-0.4, -0.2) is 25.5 Å². The Kier molecular flexibility index (Phi) is 19.4. The number of rotatable bonds is 11. The molecule has 0 aliphatic heterocycles. The van der Waals surface area contributed by atoms with Gasteiger partial charge in [-0.1, -0.05) is 64.7 Å². The lowest BCUT2D eigenvalue weighted by Gasteiger charge is -2.08. The van der Waals surface area contributed by atoms with Gasteiger partial charge in [0.2, 0.25) is 0 Å². The summed E-state index contributed by atoms with van der Waals surface area (Å²) in [5, 5.41) is 0.